The minimum Gasteiger partial charge on any atom is -0.366 e. The summed E-state index contributed by atoms with van der Waals surface area (Å²) in [5, 5.41) is 14.5. The third kappa shape index (κ3) is 2.39. The van der Waals surface area contributed by atoms with Crippen molar-refractivity contribution < 1.29 is 0 Å². The van der Waals surface area contributed by atoms with Crippen molar-refractivity contribution in [2.75, 3.05) is 18.4 Å². The van der Waals surface area contributed by atoms with Crippen LogP contribution in [0.15, 0.2) is 18.3 Å². The van der Waals surface area contributed by atoms with E-state index in [0.717, 1.165) is 31.7 Å². The van der Waals surface area contributed by atoms with E-state index in [0.29, 0.717) is 6.04 Å². The van der Waals surface area contributed by atoms with Crippen molar-refractivity contribution in [3.63, 3.8) is 0 Å². The number of rotatable bonds is 2. The van der Waals surface area contributed by atoms with Crippen molar-refractivity contribution in [2.45, 2.75) is 18.9 Å². The summed E-state index contributed by atoms with van der Waals surface area (Å²) in [4.78, 5) is 0. The lowest BCUT2D eigenvalue weighted by molar-refractivity contribution is 0.478. The highest BCUT2D eigenvalue weighted by molar-refractivity contribution is 5.32. The van der Waals surface area contributed by atoms with Crippen LogP contribution < -0.4 is 10.6 Å². The summed E-state index contributed by atoms with van der Waals surface area (Å²) in [6.45, 7) is 2.19. The van der Waals surface area contributed by atoms with Crippen molar-refractivity contribution >= 4 is 5.82 Å². The molecule has 0 atom stereocenters. The van der Waals surface area contributed by atoms with Crippen LogP contribution in [-0.4, -0.2) is 29.3 Å². The number of hydrogen-bond donors (Lipinski definition) is 2. The average Bonchev–Trinajstić information content (AvgIpc) is 2.21. The second-order valence-corrected chi connectivity index (χ2v) is 3.28. The normalized spacial score (nSPS) is 18.5. The summed E-state index contributed by atoms with van der Waals surface area (Å²) in [5.74, 6) is 0.884. The van der Waals surface area contributed by atoms with Crippen LogP contribution in [0.2, 0.25) is 0 Å². The molecule has 2 N–H and O–H groups in total. The molecule has 0 bridgehead atoms. The SMILES string of the molecule is c1cnnc(NC2CCNCC2)c1. The Balaban J connectivity index is 1.90. The van der Waals surface area contributed by atoms with Crippen LogP contribution in [0, 0.1) is 0 Å². The van der Waals surface area contributed by atoms with Gasteiger partial charge in [-0.3, -0.25) is 0 Å². The molecule has 0 unspecified atom stereocenters. The summed E-state index contributed by atoms with van der Waals surface area (Å²) < 4.78 is 0. The Hall–Kier alpha value is -1.16. The van der Waals surface area contributed by atoms with Crippen molar-refractivity contribution in [1.29, 1.82) is 0 Å². The zero-order valence-corrected chi connectivity index (χ0v) is 7.53. The van der Waals surface area contributed by atoms with Gasteiger partial charge in [0.05, 0.1) is 0 Å². The number of nitrogens with zero attached hydrogens (tertiary/aromatic N) is 2. The molecule has 13 heavy (non-hydrogen) atoms. The molecule has 1 aliphatic rings. The molecule has 0 saturated carbocycles. The minimum absolute atomic E-state index is 0.554. The first-order valence-corrected chi connectivity index (χ1v) is 4.70. The second kappa shape index (κ2) is 4.18. The van der Waals surface area contributed by atoms with Gasteiger partial charge in [-0.15, -0.1) is 5.10 Å². The van der Waals surface area contributed by atoms with E-state index < -0.39 is 0 Å². The Morgan fingerprint density at radius 1 is 1.38 bits per heavy atom. The molecule has 0 amide bonds. The summed E-state index contributed by atoms with van der Waals surface area (Å²) in [6.07, 6.45) is 4.01. The van der Waals surface area contributed by atoms with Gasteiger partial charge >= 0.3 is 0 Å². The molecule has 1 fully saturated rings. The van der Waals surface area contributed by atoms with Gasteiger partial charge in [0.1, 0.15) is 5.82 Å². The molecule has 0 aromatic carbocycles. The third-order valence-electron chi connectivity index (χ3n) is 2.26. The van der Waals surface area contributed by atoms with Crippen LogP contribution in [0.1, 0.15) is 12.8 Å². The van der Waals surface area contributed by atoms with Gasteiger partial charge < -0.3 is 10.6 Å². The fraction of sp³-hybridized carbons (Fsp3) is 0.556. The van der Waals surface area contributed by atoms with Gasteiger partial charge in [0, 0.05) is 12.2 Å². The number of aromatic nitrogens is 2. The molecule has 0 spiro atoms. The summed E-state index contributed by atoms with van der Waals surface area (Å²) in [5.41, 5.74) is 0. The standard InChI is InChI=1S/C9H14N4/c1-2-9(13-11-5-1)12-8-3-6-10-7-4-8/h1-2,5,8,10H,3-4,6-7H2,(H,12,13). The third-order valence-corrected chi connectivity index (χ3v) is 2.26. The predicted octanol–water partition coefficient (Wildman–Crippen LogP) is 0.640. The van der Waals surface area contributed by atoms with E-state index in [-0.39, 0.29) is 0 Å². The topological polar surface area (TPSA) is 49.8 Å². The van der Waals surface area contributed by atoms with Gasteiger partial charge in [-0.05, 0) is 38.1 Å². The Morgan fingerprint density at radius 2 is 2.23 bits per heavy atom. The molecule has 0 radical (unpaired) electrons. The maximum Gasteiger partial charge on any atom is 0.148 e. The average molecular weight is 178 g/mol. The molecule has 1 saturated heterocycles. The number of piperidine rings is 1. The smallest absolute Gasteiger partial charge is 0.148 e. The van der Waals surface area contributed by atoms with Gasteiger partial charge in [0.15, 0.2) is 0 Å². The molecule has 4 nitrogen and oxygen atoms in total. The first-order chi connectivity index (χ1) is 6.45. The largest absolute Gasteiger partial charge is 0.366 e. The highest BCUT2D eigenvalue weighted by Gasteiger charge is 2.12. The van der Waals surface area contributed by atoms with Crippen molar-refractivity contribution in [1.82, 2.24) is 15.5 Å². The zero-order chi connectivity index (χ0) is 8.93. The summed E-state index contributed by atoms with van der Waals surface area (Å²) >= 11 is 0. The molecule has 70 valence electrons. The summed E-state index contributed by atoms with van der Waals surface area (Å²) in [6, 6.07) is 4.41. The highest BCUT2D eigenvalue weighted by Crippen LogP contribution is 2.08. The fourth-order valence-corrected chi connectivity index (χ4v) is 1.55. The Labute approximate surface area is 77.8 Å². The minimum atomic E-state index is 0.554. The molecule has 2 heterocycles. The van der Waals surface area contributed by atoms with Crippen LogP contribution >= 0.6 is 0 Å². The van der Waals surface area contributed by atoms with Gasteiger partial charge in [-0.2, -0.15) is 5.10 Å². The molecule has 1 aromatic rings. The highest BCUT2D eigenvalue weighted by atomic mass is 15.2. The van der Waals surface area contributed by atoms with Gasteiger partial charge in [0.25, 0.3) is 0 Å². The van der Waals surface area contributed by atoms with E-state index in [9.17, 15) is 0 Å². The number of nitrogens with one attached hydrogen (secondary N) is 2. The number of hydrogen-bond acceptors (Lipinski definition) is 4. The van der Waals surface area contributed by atoms with Gasteiger partial charge in [-0.25, -0.2) is 0 Å². The number of anilines is 1. The van der Waals surface area contributed by atoms with Crippen LogP contribution in [0.3, 0.4) is 0 Å². The maximum atomic E-state index is 3.99. The van der Waals surface area contributed by atoms with Crippen molar-refractivity contribution in [3.05, 3.63) is 18.3 Å². The quantitative estimate of drug-likeness (QED) is 0.697. The van der Waals surface area contributed by atoms with Gasteiger partial charge in [-0.1, -0.05) is 0 Å². The molecule has 1 aromatic heterocycles. The predicted molar refractivity (Wildman–Crippen MR) is 51.5 cm³/mol. The van der Waals surface area contributed by atoms with E-state index in [1.54, 1.807) is 6.20 Å². The fourth-order valence-electron chi connectivity index (χ4n) is 1.55. The van der Waals surface area contributed by atoms with E-state index >= 15 is 0 Å². The first kappa shape index (κ1) is 8.44. The van der Waals surface area contributed by atoms with Crippen LogP contribution in [0.4, 0.5) is 5.82 Å². The van der Waals surface area contributed by atoms with E-state index in [1.807, 2.05) is 12.1 Å². The molecule has 4 heteroatoms. The van der Waals surface area contributed by atoms with Crippen molar-refractivity contribution in [3.8, 4) is 0 Å². The van der Waals surface area contributed by atoms with E-state index in [2.05, 4.69) is 20.8 Å². The van der Waals surface area contributed by atoms with Gasteiger partial charge in [0.2, 0.25) is 0 Å². The molecular formula is C9H14N4. The summed E-state index contributed by atoms with van der Waals surface area (Å²) in [7, 11) is 0. The lowest BCUT2D eigenvalue weighted by Gasteiger charge is -2.23. The Bertz CT molecular complexity index is 243. The molecule has 0 aliphatic carbocycles. The monoisotopic (exact) mass is 178 g/mol. The van der Waals surface area contributed by atoms with Crippen molar-refractivity contribution in [2.24, 2.45) is 0 Å². The molecular weight excluding hydrogens is 164 g/mol. The molecule has 1 aliphatic heterocycles. The first-order valence-electron chi connectivity index (χ1n) is 4.70. The van der Waals surface area contributed by atoms with E-state index in [1.165, 1.54) is 0 Å². The van der Waals surface area contributed by atoms with Crippen LogP contribution in [0.25, 0.3) is 0 Å². The lowest BCUT2D eigenvalue weighted by atomic mass is 10.1. The Morgan fingerprint density at radius 3 is 2.92 bits per heavy atom. The van der Waals surface area contributed by atoms with Crippen LogP contribution in [0.5, 0.6) is 0 Å². The maximum absolute atomic E-state index is 3.99. The Kier molecular flexibility index (Phi) is 2.72. The second-order valence-electron chi connectivity index (χ2n) is 3.28. The lowest BCUT2D eigenvalue weighted by Crippen LogP contribution is -2.35. The van der Waals surface area contributed by atoms with Crippen LogP contribution in [-0.2, 0) is 0 Å². The zero-order valence-electron chi connectivity index (χ0n) is 7.53. The van der Waals surface area contributed by atoms with E-state index in [4.69, 9.17) is 0 Å². The molecule has 2 rings (SSSR count).